The summed E-state index contributed by atoms with van der Waals surface area (Å²) in [6, 6.07) is 3.56. The standard InChI is InChI=1S/C14H24N2O4S/c1-12(6-7-14-5-3-9-20-14)15-21(18,19)16-8-2-4-13(10-16)11-17/h3,5,9,12-13,15,17H,2,4,6-8,10-11H2,1H3. The summed E-state index contributed by atoms with van der Waals surface area (Å²) in [5.74, 6) is 0.910. The summed E-state index contributed by atoms with van der Waals surface area (Å²) in [4.78, 5) is 0. The van der Waals surface area contributed by atoms with Crippen molar-refractivity contribution >= 4 is 10.2 Å². The molecule has 1 aliphatic rings. The van der Waals surface area contributed by atoms with Gasteiger partial charge in [0, 0.05) is 32.2 Å². The third-order valence-electron chi connectivity index (χ3n) is 3.83. The van der Waals surface area contributed by atoms with E-state index in [1.807, 2.05) is 19.1 Å². The molecule has 2 heterocycles. The molecule has 2 rings (SSSR count). The first kappa shape index (κ1) is 16.5. The van der Waals surface area contributed by atoms with Gasteiger partial charge >= 0.3 is 0 Å². The Kier molecular flexibility index (Phi) is 5.80. The molecule has 0 bridgehead atoms. The van der Waals surface area contributed by atoms with E-state index in [4.69, 9.17) is 4.42 Å². The lowest BCUT2D eigenvalue weighted by Gasteiger charge is -2.31. The first-order valence-electron chi connectivity index (χ1n) is 7.42. The smallest absolute Gasteiger partial charge is 0.279 e. The Hall–Kier alpha value is -0.890. The van der Waals surface area contributed by atoms with Gasteiger partial charge in [-0.05, 0) is 44.2 Å². The Balaban J connectivity index is 1.84. The molecule has 0 aromatic carbocycles. The fourth-order valence-electron chi connectivity index (χ4n) is 2.60. The Morgan fingerprint density at radius 2 is 2.38 bits per heavy atom. The molecule has 1 fully saturated rings. The molecule has 0 radical (unpaired) electrons. The summed E-state index contributed by atoms with van der Waals surface area (Å²) < 4.78 is 34.1. The molecule has 0 saturated carbocycles. The molecule has 0 amide bonds. The van der Waals surface area contributed by atoms with Crippen LogP contribution in [0.5, 0.6) is 0 Å². The fraction of sp³-hybridized carbons (Fsp3) is 0.714. The van der Waals surface area contributed by atoms with E-state index < -0.39 is 10.2 Å². The van der Waals surface area contributed by atoms with Crippen LogP contribution in [0.3, 0.4) is 0 Å². The average molecular weight is 316 g/mol. The minimum absolute atomic E-state index is 0.0417. The third-order valence-corrected chi connectivity index (χ3v) is 5.55. The SMILES string of the molecule is CC(CCc1ccco1)NS(=O)(=O)N1CCCC(CO)C1. The highest BCUT2D eigenvalue weighted by atomic mass is 32.2. The van der Waals surface area contributed by atoms with Crippen molar-refractivity contribution in [2.45, 2.75) is 38.6 Å². The topological polar surface area (TPSA) is 82.8 Å². The lowest BCUT2D eigenvalue weighted by atomic mass is 10.0. The summed E-state index contributed by atoms with van der Waals surface area (Å²) in [5, 5.41) is 9.19. The predicted octanol–water partition coefficient (Wildman–Crippen LogP) is 1.14. The van der Waals surface area contributed by atoms with Crippen LogP contribution in [-0.2, 0) is 16.6 Å². The second kappa shape index (κ2) is 7.40. The van der Waals surface area contributed by atoms with Gasteiger partial charge in [-0.3, -0.25) is 0 Å². The summed E-state index contributed by atoms with van der Waals surface area (Å²) in [6.45, 7) is 2.82. The zero-order valence-corrected chi connectivity index (χ0v) is 13.2. The number of piperidine rings is 1. The number of furan rings is 1. The van der Waals surface area contributed by atoms with Crippen LogP contribution in [0.1, 0.15) is 31.9 Å². The molecule has 2 unspecified atom stereocenters. The third kappa shape index (κ3) is 4.81. The normalized spacial score (nSPS) is 22.3. The van der Waals surface area contributed by atoms with Gasteiger partial charge in [-0.1, -0.05) is 0 Å². The molecule has 1 saturated heterocycles. The van der Waals surface area contributed by atoms with E-state index in [0.29, 0.717) is 25.9 Å². The van der Waals surface area contributed by atoms with Gasteiger partial charge in [-0.25, -0.2) is 0 Å². The number of rotatable bonds is 7. The van der Waals surface area contributed by atoms with Gasteiger partial charge in [-0.15, -0.1) is 0 Å². The highest BCUT2D eigenvalue weighted by Crippen LogP contribution is 2.18. The van der Waals surface area contributed by atoms with Gasteiger partial charge in [0.05, 0.1) is 6.26 Å². The average Bonchev–Trinajstić information content (AvgIpc) is 2.98. The van der Waals surface area contributed by atoms with Crippen LogP contribution in [0.25, 0.3) is 0 Å². The van der Waals surface area contributed by atoms with Gasteiger partial charge in [0.15, 0.2) is 0 Å². The van der Waals surface area contributed by atoms with E-state index in [2.05, 4.69) is 4.72 Å². The monoisotopic (exact) mass is 316 g/mol. The Morgan fingerprint density at radius 3 is 3.05 bits per heavy atom. The minimum atomic E-state index is -3.47. The fourth-order valence-corrected chi connectivity index (χ4v) is 4.15. The summed E-state index contributed by atoms with van der Waals surface area (Å²) in [7, 11) is -3.47. The molecule has 6 nitrogen and oxygen atoms in total. The molecule has 0 aliphatic carbocycles. The zero-order chi connectivity index (χ0) is 15.3. The Morgan fingerprint density at radius 1 is 1.57 bits per heavy atom. The van der Waals surface area contributed by atoms with Gasteiger partial charge in [0.25, 0.3) is 10.2 Å². The lowest BCUT2D eigenvalue weighted by molar-refractivity contribution is 0.164. The van der Waals surface area contributed by atoms with Crippen LogP contribution >= 0.6 is 0 Å². The maximum Gasteiger partial charge on any atom is 0.279 e. The largest absolute Gasteiger partial charge is 0.469 e. The van der Waals surface area contributed by atoms with E-state index in [0.717, 1.165) is 18.6 Å². The molecule has 1 aromatic heterocycles. The van der Waals surface area contributed by atoms with Gasteiger partial charge in [0.1, 0.15) is 5.76 Å². The van der Waals surface area contributed by atoms with Gasteiger partial charge in [-0.2, -0.15) is 17.4 Å². The number of nitrogens with zero attached hydrogens (tertiary/aromatic N) is 1. The van der Waals surface area contributed by atoms with Crippen LogP contribution in [0.4, 0.5) is 0 Å². The van der Waals surface area contributed by atoms with Crippen molar-refractivity contribution in [3.8, 4) is 0 Å². The van der Waals surface area contributed by atoms with Gasteiger partial charge in [0.2, 0.25) is 0 Å². The van der Waals surface area contributed by atoms with Gasteiger partial charge < -0.3 is 9.52 Å². The molecule has 0 spiro atoms. The summed E-state index contributed by atoms with van der Waals surface area (Å²) in [6.07, 6.45) is 4.69. The number of aliphatic hydroxyl groups is 1. The highest BCUT2D eigenvalue weighted by molar-refractivity contribution is 7.87. The maximum absolute atomic E-state index is 12.3. The molecule has 2 atom stereocenters. The van der Waals surface area contributed by atoms with Crippen molar-refractivity contribution in [3.63, 3.8) is 0 Å². The first-order chi connectivity index (χ1) is 10.0. The van der Waals surface area contributed by atoms with Crippen molar-refractivity contribution < 1.29 is 17.9 Å². The second-order valence-electron chi connectivity index (χ2n) is 5.69. The van der Waals surface area contributed by atoms with E-state index >= 15 is 0 Å². The zero-order valence-electron chi connectivity index (χ0n) is 12.4. The van der Waals surface area contributed by atoms with E-state index in [1.165, 1.54) is 4.31 Å². The molecule has 21 heavy (non-hydrogen) atoms. The van der Waals surface area contributed by atoms with E-state index in [9.17, 15) is 13.5 Å². The Labute approximate surface area is 126 Å². The predicted molar refractivity (Wildman–Crippen MR) is 79.9 cm³/mol. The number of nitrogens with one attached hydrogen (secondary N) is 1. The molecule has 7 heteroatoms. The maximum atomic E-state index is 12.3. The summed E-state index contributed by atoms with van der Waals surface area (Å²) in [5.41, 5.74) is 0. The van der Waals surface area contributed by atoms with Crippen molar-refractivity contribution in [3.05, 3.63) is 24.2 Å². The number of hydrogen-bond acceptors (Lipinski definition) is 4. The molecule has 2 N–H and O–H groups in total. The first-order valence-corrected chi connectivity index (χ1v) is 8.86. The van der Waals surface area contributed by atoms with Crippen molar-refractivity contribution in [2.24, 2.45) is 5.92 Å². The highest BCUT2D eigenvalue weighted by Gasteiger charge is 2.29. The molecule has 1 aliphatic heterocycles. The molecular weight excluding hydrogens is 292 g/mol. The van der Waals surface area contributed by atoms with Crippen molar-refractivity contribution in [1.29, 1.82) is 0 Å². The van der Waals surface area contributed by atoms with Crippen LogP contribution in [0, 0.1) is 5.92 Å². The number of aryl methyl sites for hydroxylation is 1. The number of aliphatic hydroxyl groups excluding tert-OH is 1. The second-order valence-corrected chi connectivity index (χ2v) is 7.39. The van der Waals surface area contributed by atoms with E-state index in [-0.39, 0.29) is 18.6 Å². The van der Waals surface area contributed by atoms with Crippen molar-refractivity contribution in [2.75, 3.05) is 19.7 Å². The van der Waals surface area contributed by atoms with E-state index in [1.54, 1.807) is 6.26 Å². The van der Waals surface area contributed by atoms with Crippen LogP contribution in [0.2, 0.25) is 0 Å². The molecule has 120 valence electrons. The van der Waals surface area contributed by atoms with Crippen LogP contribution in [0.15, 0.2) is 22.8 Å². The van der Waals surface area contributed by atoms with Crippen LogP contribution in [-0.4, -0.2) is 43.6 Å². The minimum Gasteiger partial charge on any atom is -0.469 e. The Bertz CT molecular complexity index is 515. The summed E-state index contributed by atoms with van der Waals surface area (Å²) >= 11 is 0. The molecular formula is C14H24N2O4S. The van der Waals surface area contributed by atoms with Crippen LogP contribution < -0.4 is 4.72 Å². The lowest BCUT2D eigenvalue weighted by Crippen LogP contribution is -2.49. The number of hydrogen-bond donors (Lipinski definition) is 2. The molecule has 1 aromatic rings. The quantitative estimate of drug-likeness (QED) is 0.790. The van der Waals surface area contributed by atoms with Crippen molar-refractivity contribution in [1.82, 2.24) is 9.03 Å².